The topological polar surface area (TPSA) is 63.2 Å². The zero-order chi connectivity index (χ0) is 12.8. The van der Waals surface area contributed by atoms with Gasteiger partial charge in [0.2, 0.25) is 11.8 Å². The van der Waals surface area contributed by atoms with Crippen LogP contribution in [-0.4, -0.2) is 24.0 Å². The summed E-state index contributed by atoms with van der Waals surface area (Å²) in [5.74, 6) is 1.35. The third-order valence-corrected chi connectivity index (χ3v) is 4.11. The van der Waals surface area contributed by atoms with Gasteiger partial charge in [-0.25, -0.2) is 0 Å². The van der Waals surface area contributed by atoms with E-state index in [1.54, 1.807) is 13.2 Å². The third-order valence-electron chi connectivity index (χ3n) is 4.11. The van der Waals surface area contributed by atoms with Crippen LogP contribution in [0, 0.1) is 5.41 Å². The molecular formula is C13H17N3O2. The van der Waals surface area contributed by atoms with E-state index < -0.39 is 0 Å². The average Bonchev–Trinajstić information content (AvgIpc) is 2.70. The van der Waals surface area contributed by atoms with Crippen LogP contribution in [0.3, 0.4) is 0 Å². The van der Waals surface area contributed by atoms with Gasteiger partial charge in [-0.15, -0.1) is 0 Å². The van der Waals surface area contributed by atoms with E-state index >= 15 is 0 Å². The van der Waals surface area contributed by atoms with Crippen LogP contribution in [0.1, 0.15) is 26.2 Å². The number of carbonyl (C=O) groups excluding carboxylic acids is 1. The number of aromatic nitrogens is 1. The molecule has 0 saturated heterocycles. The second kappa shape index (κ2) is 3.86. The Labute approximate surface area is 106 Å². The molecule has 0 bridgehead atoms. The van der Waals surface area contributed by atoms with Gasteiger partial charge in [-0.1, -0.05) is 6.42 Å². The van der Waals surface area contributed by atoms with Crippen LogP contribution in [0.15, 0.2) is 12.1 Å². The van der Waals surface area contributed by atoms with Crippen LogP contribution >= 0.6 is 0 Å². The molecule has 1 amide bonds. The molecule has 0 aromatic carbocycles. The Kier molecular flexibility index (Phi) is 2.43. The monoisotopic (exact) mass is 247 g/mol. The predicted octanol–water partition coefficient (Wildman–Crippen LogP) is 2.01. The minimum absolute atomic E-state index is 0.0863. The molecule has 1 fully saturated rings. The molecular weight excluding hydrogens is 230 g/mol. The normalized spacial score (nSPS) is 29.7. The highest BCUT2D eigenvalue weighted by Crippen LogP contribution is 2.43. The number of pyridine rings is 1. The van der Waals surface area contributed by atoms with Gasteiger partial charge in [0.05, 0.1) is 18.2 Å². The first-order chi connectivity index (χ1) is 8.63. The van der Waals surface area contributed by atoms with E-state index in [2.05, 4.69) is 15.6 Å². The van der Waals surface area contributed by atoms with Crippen LogP contribution in [0.25, 0.3) is 0 Å². The van der Waals surface area contributed by atoms with Crippen LogP contribution < -0.4 is 15.4 Å². The molecule has 1 aromatic rings. The lowest BCUT2D eigenvalue weighted by Gasteiger charge is -2.27. The predicted molar refractivity (Wildman–Crippen MR) is 68.8 cm³/mol. The lowest BCUT2D eigenvalue weighted by molar-refractivity contribution is -0.124. The Balaban J connectivity index is 2.03. The van der Waals surface area contributed by atoms with Crippen molar-refractivity contribution in [2.75, 3.05) is 17.7 Å². The zero-order valence-electron chi connectivity index (χ0n) is 10.6. The fourth-order valence-electron chi connectivity index (χ4n) is 2.87. The molecule has 1 aliphatic heterocycles. The molecule has 2 atom stereocenters. The number of fused-ring (bicyclic) bond motifs is 2. The Morgan fingerprint density at radius 2 is 2.33 bits per heavy atom. The lowest BCUT2D eigenvalue weighted by Crippen LogP contribution is -2.41. The molecule has 0 spiro atoms. The highest BCUT2D eigenvalue weighted by molar-refractivity contribution is 5.99. The second-order valence-electron chi connectivity index (χ2n) is 5.21. The van der Waals surface area contributed by atoms with Crippen LogP contribution in [0.2, 0.25) is 0 Å². The molecule has 5 heteroatoms. The molecule has 5 nitrogen and oxygen atoms in total. The minimum atomic E-state index is -0.339. The molecule has 18 heavy (non-hydrogen) atoms. The number of anilines is 2. The van der Waals surface area contributed by atoms with Crippen molar-refractivity contribution in [1.82, 2.24) is 4.98 Å². The summed E-state index contributed by atoms with van der Waals surface area (Å²) in [7, 11) is 1.59. The van der Waals surface area contributed by atoms with E-state index in [9.17, 15) is 4.79 Å². The summed E-state index contributed by atoms with van der Waals surface area (Å²) in [6.45, 7) is 2.02. The van der Waals surface area contributed by atoms with Gasteiger partial charge < -0.3 is 15.4 Å². The molecule has 1 aliphatic carbocycles. The molecule has 96 valence electrons. The van der Waals surface area contributed by atoms with Crippen molar-refractivity contribution >= 4 is 17.4 Å². The van der Waals surface area contributed by atoms with E-state index in [0.717, 1.165) is 24.9 Å². The minimum Gasteiger partial charge on any atom is -0.481 e. The Bertz CT molecular complexity index is 503. The van der Waals surface area contributed by atoms with Crippen LogP contribution in [0.4, 0.5) is 11.5 Å². The van der Waals surface area contributed by atoms with Crippen molar-refractivity contribution in [1.29, 1.82) is 0 Å². The standard InChI is InChI=1S/C13H17N3O2/c1-13-7-3-4-9(13)15-11-8(14-12(13)17)5-6-10(16-11)18-2/h5-6,9H,3-4,7H2,1-2H3,(H,14,17)(H,15,16). The summed E-state index contributed by atoms with van der Waals surface area (Å²) in [6.07, 6.45) is 2.99. The molecule has 1 saturated carbocycles. The van der Waals surface area contributed by atoms with E-state index in [4.69, 9.17) is 4.74 Å². The smallest absolute Gasteiger partial charge is 0.232 e. The summed E-state index contributed by atoms with van der Waals surface area (Å²) in [6, 6.07) is 3.74. The summed E-state index contributed by atoms with van der Waals surface area (Å²) in [4.78, 5) is 16.7. The number of hydrogen-bond donors (Lipinski definition) is 2. The molecule has 2 aliphatic rings. The Morgan fingerprint density at radius 1 is 1.50 bits per heavy atom. The van der Waals surface area contributed by atoms with Gasteiger partial charge in [-0.3, -0.25) is 4.79 Å². The van der Waals surface area contributed by atoms with Crippen LogP contribution in [-0.2, 0) is 4.79 Å². The molecule has 2 N–H and O–H groups in total. The number of ether oxygens (including phenoxy) is 1. The summed E-state index contributed by atoms with van der Waals surface area (Å²) in [5, 5.41) is 6.36. The van der Waals surface area contributed by atoms with Crippen molar-refractivity contribution in [3.63, 3.8) is 0 Å². The SMILES string of the molecule is COc1ccc2c(n1)NC1CCCC1(C)C(=O)N2. The summed E-state index contributed by atoms with van der Waals surface area (Å²) >= 11 is 0. The molecule has 0 radical (unpaired) electrons. The van der Waals surface area contributed by atoms with Crippen LogP contribution in [0.5, 0.6) is 5.88 Å². The first kappa shape index (κ1) is 11.3. The Morgan fingerprint density at radius 3 is 3.11 bits per heavy atom. The van der Waals surface area contributed by atoms with Crippen molar-refractivity contribution in [3.8, 4) is 5.88 Å². The number of nitrogens with zero attached hydrogens (tertiary/aromatic N) is 1. The molecule has 2 heterocycles. The summed E-state index contributed by atoms with van der Waals surface area (Å²) < 4.78 is 5.12. The second-order valence-corrected chi connectivity index (χ2v) is 5.21. The molecule has 2 unspecified atom stereocenters. The number of rotatable bonds is 1. The molecule has 1 aromatic heterocycles. The average molecular weight is 247 g/mol. The van der Waals surface area contributed by atoms with Gasteiger partial charge in [0.25, 0.3) is 0 Å². The van der Waals surface area contributed by atoms with E-state index in [1.807, 2.05) is 13.0 Å². The first-order valence-corrected chi connectivity index (χ1v) is 6.26. The number of nitrogens with one attached hydrogen (secondary N) is 2. The number of methoxy groups -OCH3 is 1. The van der Waals surface area contributed by atoms with Crippen molar-refractivity contribution in [2.45, 2.75) is 32.2 Å². The number of carbonyl (C=O) groups is 1. The number of hydrogen-bond acceptors (Lipinski definition) is 4. The third kappa shape index (κ3) is 1.54. The van der Waals surface area contributed by atoms with Crippen molar-refractivity contribution < 1.29 is 9.53 Å². The number of amides is 1. The van der Waals surface area contributed by atoms with Gasteiger partial charge in [0.1, 0.15) is 0 Å². The lowest BCUT2D eigenvalue weighted by atomic mass is 9.84. The van der Waals surface area contributed by atoms with Gasteiger partial charge in [0.15, 0.2) is 5.82 Å². The molecule has 3 rings (SSSR count). The van der Waals surface area contributed by atoms with E-state index in [1.165, 1.54) is 0 Å². The van der Waals surface area contributed by atoms with Gasteiger partial charge in [-0.2, -0.15) is 4.98 Å². The maximum Gasteiger partial charge on any atom is 0.232 e. The van der Waals surface area contributed by atoms with Crippen molar-refractivity contribution in [2.24, 2.45) is 5.41 Å². The highest BCUT2D eigenvalue weighted by Gasteiger charge is 2.47. The maximum atomic E-state index is 12.3. The fourth-order valence-corrected chi connectivity index (χ4v) is 2.87. The van der Waals surface area contributed by atoms with E-state index in [0.29, 0.717) is 11.7 Å². The van der Waals surface area contributed by atoms with Crippen molar-refractivity contribution in [3.05, 3.63) is 12.1 Å². The quantitative estimate of drug-likeness (QED) is 0.797. The highest BCUT2D eigenvalue weighted by atomic mass is 16.5. The Hall–Kier alpha value is -1.78. The largest absolute Gasteiger partial charge is 0.481 e. The van der Waals surface area contributed by atoms with Gasteiger partial charge in [-0.05, 0) is 25.8 Å². The first-order valence-electron chi connectivity index (χ1n) is 6.26. The maximum absolute atomic E-state index is 12.3. The van der Waals surface area contributed by atoms with Gasteiger partial charge >= 0.3 is 0 Å². The van der Waals surface area contributed by atoms with Gasteiger partial charge in [0, 0.05) is 12.1 Å². The van der Waals surface area contributed by atoms with E-state index in [-0.39, 0.29) is 17.4 Å². The summed E-state index contributed by atoms with van der Waals surface area (Å²) in [5.41, 5.74) is 0.393. The fraction of sp³-hybridized carbons (Fsp3) is 0.538. The zero-order valence-corrected chi connectivity index (χ0v) is 10.6.